The second-order valence-corrected chi connectivity index (χ2v) is 20.4. The summed E-state index contributed by atoms with van der Waals surface area (Å²) in [6.07, 6.45) is 53.6. The van der Waals surface area contributed by atoms with Crippen molar-refractivity contribution in [3.05, 3.63) is 0 Å². The van der Waals surface area contributed by atoms with Gasteiger partial charge in [0.1, 0.15) is 12.2 Å². The molecule has 3 N–H and O–H groups in total. The number of ether oxygens (including phenoxy) is 2. The number of esters is 1. The lowest BCUT2D eigenvalue weighted by Crippen LogP contribution is -2.29. The minimum absolute atomic E-state index is 0.0590. The van der Waals surface area contributed by atoms with Crippen molar-refractivity contribution in [2.45, 2.75) is 302 Å². The van der Waals surface area contributed by atoms with E-state index in [1.165, 1.54) is 238 Å². The quantitative estimate of drug-likeness (QED) is 0.0310. The van der Waals surface area contributed by atoms with Gasteiger partial charge < -0.3 is 24.6 Å². The highest BCUT2D eigenvalue weighted by atomic mass is 31.2. The van der Waals surface area contributed by atoms with Gasteiger partial charge in [0.2, 0.25) is 0 Å². The molecule has 3 atom stereocenters. The summed E-state index contributed by atoms with van der Waals surface area (Å²) >= 11 is 0. The van der Waals surface area contributed by atoms with Crippen molar-refractivity contribution >= 4 is 13.8 Å². The minimum atomic E-state index is -4.52. The molecule has 0 aromatic rings. The number of phosphoric acid groups is 1. The first-order valence-electron chi connectivity index (χ1n) is 27.5. The van der Waals surface area contributed by atoms with Gasteiger partial charge in [0.15, 0.2) is 0 Å². The molecular weight excluding hydrogens is 812 g/mol. The largest absolute Gasteiger partial charge is 0.472 e. The number of aliphatic hydroxyl groups excluding tert-OH is 2. The Labute approximate surface area is 390 Å². The zero-order chi connectivity index (χ0) is 46.0. The fourth-order valence-electron chi connectivity index (χ4n) is 8.36. The fourth-order valence-corrected chi connectivity index (χ4v) is 9.15. The summed E-state index contributed by atoms with van der Waals surface area (Å²) in [7, 11) is -4.52. The predicted octanol–water partition coefficient (Wildman–Crippen LogP) is 16.2. The molecule has 378 valence electrons. The Balaban J connectivity index is 3.97. The standard InChI is InChI=1S/C53H107O9P/c1-3-5-7-9-11-13-15-17-19-21-23-24-25-26-27-29-31-33-35-37-39-41-43-45-53(56)62-52(50-61-63(57,58)60-48-51(55)47-54)49-59-46-44-42-40-38-36-34-32-30-28-22-20-18-16-14-12-10-8-6-4-2/h51-52,54-55H,3-50H2,1-2H3,(H,57,58). The molecule has 0 aliphatic rings. The van der Waals surface area contributed by atoms with Gasteiger partial charge in [-0.2, -0.15) is 0 Å². The zero-order valence-corrected chi connectivity index (χ0v) is 42.7. The lowest BCUT2D eigenvalue weighted by Gasteiger charge is -2.20. The van der Waals surface area contributed by atoms with E-state index >= 15 is 0 Å². The van der Waals surface area contributed by atoms with E-state index in [2.05, 4.69) is 13.8 Å². The SMILES string of the molecule is CCCCCCCCCCCCCCCCCCCCCCCCCC(=O)OC(COCCCCCCCCCCCCCCCCCCCCC)COP(=O)(O)OCC(O)CO. The number of carbonyl (C=O) groups is 1. The van der Waals surface area contributed by atoms with Crippen LogP contribution < -0.4 is 0 Å². The average Bonchev–Trinajstić information content (AvgIpc) is 3.28. The smallest absolute Gasteiger partial charge is 0.457 e. The Bertz CT molecular complexity index is 953. The molecule has 0 radical (unpaired) electrons. The van der Waals surface area contributed by atoms with Crippen molar-refractivity contribution in [1.29, 1.82) is 0 Å². The predicted molar refractivity (Wildman–Crippen MR) is 265 cm³/mol. The molecule has 0 spiro atoms. The third-order valence-corrected chi connectivity index (χ3v) is 13.5. The van der Waals surface area contributed by atoms with E-state index in [-0.39, 0.29) is 25.6 Å². The lowest BCUT2D eigenvalue weighted by molar-refractivity contribution is -0.154. The number of hydrogen-bond acceptors (Lipinski definition) is 8. The van der Waals surface area contributed by atoms with E-state index in [0.717, 1.165) is 32.1 Å². The van der Waals surface area contributed by atoms with Crippen LogP contribution in [0.25, 0.3) is 0 Å². The molecule has 0 fully saturated rings. The van der Waals surface area contributed by atoms with Crippen LogP contribution in [-0.2, 0) is 27.9 Å². The second kappa shape index (κ2) is 50.9. The van der Waals surface area contributed by atoms with Gasteiger partial charge in [-0.05, 0) is 12.8 Å². The lowest BCUT2D eigenvalue weighted by atomic mass is 10.0. The molecule has 0 rings (SSSR count). The van der Waals surface area contributed by atoms with Gasteiger partial charge >= 0.3 is 13.8 Å². The Hall–Kier alpha value is -0.540. The van der Waals surface area contributed by atoms with Crippen LogP contribution in [0.1, 0.15) is 290 Å². The van der Waals surface area contributed by atoms with Crippen LogP contribution in [0.5, 0.6) is 0 Å². The first kappa shape index (κ1) is 62.5. The number of unbranched alkanes of at least 4 members (excludes halogenated alkanes) is 40. The molecule has 10 heteroatoms. The van der Waals surface area contributed by atoms with Crippen molar-refractivity contribution < 1.29 is 43.0 Å². The molecule has 63 heavy (non-hydrogen) atoms. The first-order valence-corrected chi connectivity index (χ1v) is 29.0. The van der Waals surface area contributed by atoms with Gasteiger partial charge in [0.05, 0.1) is 26.4 Å². The summed E-state index contributed by atoms with van der Waals surface area (Å²) in [5.41, 5.74) is 0. The molecule has 9 nitrogen and oxygen atoms in total. The van der Waals surface area contributed by atoms with E-state index in [1.807, 2.05) is 0 Å². The van der Waals surface area contributed by atoms with Crippen LogP contribution in [0.3, 0.4) is 0 Å². The summed E-state index contributed by atoms with van der Waals surface area (Å²) in [6, 6.07) is 0. The molecule has 0 heterocycles. The van der Waals surface area contributed by atoms with Crippen molar-refractivity contribution in [2.24, 2.45) is 0 Å². The van der Waals surface area contributed by atoms with Crippen molar-refractivity contribution in [2.75, 3.05) is 33.0 Å². The van der Waals surface area contributed by atoms with E-state index < -0.39 is 33.2 Å². The number of hydrogen-bond donors (Lipinski definition) is 3. The molecule has 0 bridgehead atoms. The number of phosphoric ester groups is 1. The molecule has 0 aromatic heterocycles. The second-order valence-electron chi connectivity index (χ2n) is 19.0. The average molecular weight is 919 g/mol. The van der Waals surface area contributed by atoms with Crippen LogP contribution in [-0.4, -0.2) is 66.3 Å². The molecule has 3 unspecified atom stereocenters. The Kier molecular flexibility index (Phi) is 50.4. The summed E-state index contributed by atoms with van der Waals surface area (Å²) in [4.78, 5) is 22.7. The van der Waals surface area contributed by atoms with Crippen LogP contribution in [0, 0.1) is 0 Å². The van der Waals surface area contributed by atoms with Crippen molar-refractivity contribution in [3.63, 3.8) is 0 Å². The van der Waals surface area contributed by atoms with Crippen LogP contribution in [0.15, 0.2) is 0 Å². The van der Waals surface area contributed by atoms with Crippen LogP contribution in [0.4, 0.5) is 0 Å². The normalized spacial score (nSPS) is 13.7. The first-order chi connectivity index (χ1) is 30.8. The van der Waals surface area contributed by atoms with Gasteiger partial charge in [0.25, 0.3) is 0 Å². The molecule has 0 aromatic carbocycles. The van der Waals surface area contributed by atoms with Crippen molar-refractivity contribution in [1.82, 2.24) is 0 Å². The van der Waals surface area contributed by atoms with Gasteiger partial charge in [-0.1, -0.05) is 271 Å². The number of rotatable bonds is 54. The Morgan fingerprint density at radius 2 is 0.714 bits per heavy atom. The van der Waals surface area contributed by atoms with Gasteiger partial charge in [-0.25, -0.2) is 4.57 Å². The summed E-state index contributed by atoms with van der Waals surface area (Å²) in [5, 5.41) is 18.4. The molecule has 0 aliphatic heterocycles. The highest BCUT2D eigenvalue weighted by molar-refractivity contribution is 7.47. The number of aliphatic hydroxyl groups is 2. The van der Waals surface area contributed by atoms with Crippen LogP contribution in [0.2, 0.25) is 0 Å². The highest BCUT2D eigenvalue weighted by Gasteiger charge is 2.26. The molecule has 0 aliphatic carbocycles. The monoisotopic (exact) mass is 919 g/mol. The zero-order valence-electron chi connectivity index (χ0n) is 41.8. The Morgan fingerprint density at radius 1 is 0.429 bits per heavy atom. The van der Waals surface area contributed by atoms with E-state index in [9.17, 15) is 19.4 Å². The fraction of sp³-hybridized carbons (Fsp3) is 0.981. The molecule has 0 saturated heterocycles. The molecular formula is C53H107O9P. The van der Waals surface area contributed by atoms with E-state index in [0.29, 0.717) is 6.61 Å². The van der Waals surface area contributed by atoms with Crippen LogP contribution >= 0.6 is 7.82 Å². The summed E-state index contributed by atoms with van der Waals surface area (Å²) in [5.74, 6) is -0.372. The van der Waals surface area contributed by atoms with Gasteiger partial charge in [0, 0.05) is 13.0 Å². The summed E-state index contributed by atoms with van der Waals surface area (Å²) < 4.78 is 33.6. The highest BCUT2D eigenvalue weighted by Crippen LogP contribution is 2.43. The van der Waals surface area contributed by atoms with E-state index in [1.54, 1.807) is 0 Å². The minimum Gasteiger partial charge on any atom is -0.457 e. The number of carbonyl (C=O) groups excluding carboxylic acids is 1. The maximum Gasteiger partial charge on any atom is 0.472 e. The topological polar surface area (TPSA) is 132 Å². The summed E-state index contributed by atoms with van der Waals surface area (Å²) in [6.45, 7) is 3.62. The maximum absolute atomic E-state index is 12.7. The van der Waals surface area contributed by atoms with E-state index in [4.69, 9.17) is 23.6 Å². The maximum atomic E-state index is 12.7. The third-order valence-electron chi connectivity index (χ3n) is 12.5. The molecule has 0 saturated carbocycles. The Morgan fingerprint density at radius 3 is 1.03 bits per heavy atom. The van der Waals surface area contributed by atoms with Gasteiger partial charge in [-0.15, -0.1) is 0 Å². The van der Waals surface area contributed by atoms with Gasteiger partial charge in [-0.3, -0.25) is 13.8 Å². The third kappa shape index (κ3) is 50.7. The van der Waals surface area contributed by atoms with Crippen molar-refractivity contribution in [3.8, 4) is 0 Å². The molecule has 0 amide bonds.